The summed E-state index contributed by atoms with van der Waals surface area (Å²) in [6, 6.07) is 74.5. The van der Waals surface area contributed by atoms with Gasteiger partial charge in [0.15, 0.2) is 0 Å². The zero-order valence-electron chi connectivity index (χ0n) is 33.3. The van der Waals surface area contributed by atoms with Gasteiger partial charge in [-0.1, -0.05) is 158 Å². The standard InChI is InChI=1S/C58H47N/c1-3-12-41(13-4-1)43-24-28-50(29-25-43)59(51-30-26-44(27-31-51)42-14-5-2-6-15-42)52-19-10-17-46(38-52)45-16-9-18-47(37-45)53-21-11-23-56-57(53)54-20-7-8-22-55(54)58(56)48-33-39-32-40(35-48)36-49(58)34-39/h1-31,37-40,48-49H,32-36H2. The maximum Gasteiger partial charge on any atom is 0.0467 e. The molecule has 0 N–H and O–H groups in total. The molecule has 284 valence electrons. The Morgan fingerprint density at radius 3 is 1.41 bits per heavy atom. The van der Waals surface area contributed by atoms with Crippen molar-refractivity contribution in [2.24, 2.45) is 23.7 Å². The molecule has 8 aromatic rings. The SMILES string of the molecule is c1ccc(-c2ccc(N(c3ccc(-c4ccccc4)cc3)c3cccc(-c4cccc(-c5cccc6c5-c5ccccc5C65C6CC7CC(C6)CC5C7)c4)c3)cc2)cc1. The molecule has 0 radical (unpaired) electrons. The highest BCUT2D eigenvalue weighted by atomic mass is 15.1. The Hall–Kier alpha value is -6.44. The van der Waals surface area contributed by atoms with Crippen molar-refractivity contribution in [1.82, 2.24) is 0 Å². The molecule has 0 saturated heterocycles. The van der Waals surface area contributed by atoms with E-state index in [4.69, 9.17) is 0 Å². The summed E-state index contributed by atoms with van der Waals surface area (Å²) in [7, 11) is 0. The average molecular weight is 758 g/mol. The van der Waals surface area contributed by atoms with Crippen molar-refractivity contribution >= 4 is 17.1 Å². The van der Waals surface area contributed by atoms with E-state index in [1.165, 1.54) is 87.7 Å². The third-order valence-corrected chi connectivity index (χ3v) is 14.7. The van der Waals surface area contributed by atoms with Crippen molar-refractivity contribution in [3.63, 3.8) is 0 Å². The van der Waals surface area contributed by atoms with Crippen LogP contribution in [-0.2, 0) is 5.41 Å². The first-order valence-corrected chi connectivity index (χ1v) is 21.8. The van der Waals surface area contributed by atoms with Crippen LogP contribution in [0.3, 0.4) is 0 Å². The van der Waals surface area contributed by atoms with Crippen molar-refractivity contribution in [1.29, 1.82) is 0 Å². The van der Waals surface area contributed by atoms with Crippen molar-refractivity contribution < 1.29 is 0 Å². The molecule has 0 aliphatic heterocycles. The zero-order valence-corrected chi connectivity index (χ0v) is 33.3. The molecule has 4 fully saturated rings. The number of rotatable bonds is 7. The number of benzene rings is 8. The maximum atomic E-state index is 2.52. The van der Waals surface area contributed by atoms with E-state index in [0.717, 1.165) is 40.7 Å². The van der Waals surface area contributed by atoms with Crippen LogP contribution >= 0.6 is 0 Å². The predicted molar refractivity (Wildman–Crippen MR) is 246 cm³/mol. The fourth-order valence-electron chi connectivity index (χ4n) is 12.4. The second-order valence-electron chi connectivity index (χ2n) is 17.7. The number of nitrogens with zero attached hydrogens (tertiary/aromatic N) is 1. The molecule has 0 aromatic heterocycles. The molecule has 5 aliphatic rings. The number of hydrogen-bond acceptors (Lipinski definition) is 1. The van der Waals surface area contributed by atoms with Gasteiger partial charge in [-0.25, -0.2) is 0 Å². The molecule has 4 bridgehead atoms. The lowest BCUT2D eigenvalue weighted by atomic mass is 9.43. The van der Waals surface area contributed by atoms with E-state index >= 15 is 0 Å². The second kappa shape index (κ2) is 13.8. The quantitative estimate of drug-likeness (QED) is 0.156. The van der Waals surface area contributed by atoms with Crippen LogP contribution in [0.2, 0.25) is 0 Å². The van der Waals surface area contributed by atoms with Gasteiger partial charge in [0.2, 0.25) is 0 Å². The second-order valence-corrected chi connectivity index (χ2v) is 17.7. The first-order chi connectivity index (χ1) is 29.2. The first kappa shape index (κ1) is 34.6. The molecule has 5 aliphatic carbocycles. The van der Waals surface area contributed by atoms with Gasteiger partial charge in [0.05, 0.1) is 0 Å². The highest BCUT2D eigenvalue weighted by molar-refractivity contribution is 5.94. The zero-order chi connectivity index (χ0) is 38.9. The van der Waals surface area contributed by atoms with Gasteiger partial charge in [-0.3, -0.25) is 0 Å². The molecule has 13 rings (SSSR count). The lowest BCUT2D eigenvalue weighted by Crippen LogP contribution is -2.55. The highest BCUT2D eigenvalue weighted by Gasteiger charge is 2.61. The maximum absolute atomic E-state index is 2.52. The summed E-state index contributed by atoms with van der Waals surface area (Å²) < 4.78 is 0. The predicted octanol–water partition coefficient (Wildman–Crippen LogP) is 15.5. The summed E-state index contributed by atoms with van der Waals surface area (Å²) in [4.78, 5) is 2.39. The van der Waals surface area contributed by atoms with Crippen molar-refractivity contribution in [3.05, 3.63) is 211 Å². The van der Waals surface area contributed by atoms with Gasteiger partial charge in [0, 0.05) is 22.5 Å². The van der Waals surface area contributed by atoms with Gasteiger partial charge in [-0.05, 0) is 165 Å². The van der Waals surface area contributed by atoms with Crippen LogP contribution in [0.1, 0.15) is 43.2 Å². The minimum absolute atomic E-state index is 0.170. The molecular weight excluding hydrogens is 711 g/mol. The van der Waals surface area contributed by atoms with E-state index in [0.29, 0.717) is 0 Å². The van der Waals surface area contributed by atoms with Crippen LogP contribution in [0.25, 0.3) is 55.6 Å². The lowest BCUT2D eigenvalue weighted by Gasteiger charge is -2.61. The third-order valence-electron chi connectivity index (χ3n) is 14.7. The monoisotopic (exact) mass is 757 g/mol. The third kappa shape index (κ3) is 5.59. The van der Waals surface area contributed by atoms with E-state index in [2.05, 4.69) is 205 Å². The largest absolute Gasteiger partial charge is 0.310 e. The summed E-state index contributed by atoms with van der Waals surface area (Å²) in [6.45, 7) is 0. The Balaban J connectivity index is 0.941. The van der Waals surface area contributed by atoms with Crippen LogP contribution in [0.4, 0.5) is 17.1 Å². The Morgan fingerprint density at radius 2 is 0.780 bits per heavy atom. The first-order valence-electron chi connectivity index (χ1n) is 21.8. The molecule has 4 saturated carbocycles. The fraction of sp³-hybridized carbons (Fsp3) is 0.172. The van der Waals surface area contributed by atoms with Gasteiger partial charge < -0.3 is 4.90 Å². The van der Waals surface area contributed by atoms with Crippen molar-refractivity contribution in [3.8, 4) is 55.6 Å². The summed E-state index contributed by atoms with van der Waals surface area (Å²) in [5, 5.41) is 0. The fourth-order valence-corrected chi connectivity index (χ4v) is 12.4. The molecule has 1 heteroatoms. The van der Waals surface area contributed by atoms with E-state index < -0.39 is 0 Å². The number of hydrogen-bond donors (Lipinski definition) is 0. The Labute approximate surface area is 348 Å². The topological polar surface area (TPSA) is 3.24 Å². The molecule has 0 amide bonds. The van der Waals surface area contributed by atoms with Crippen LogP contribution in [0, 0.1) is 23.7 Å². The van der Waals surface area contributed by atoms with Gasteiger partial charge in [-0.15, -0.1) is 0 Å². The van der Waals surface area contributed by atoms with Crippen molar-refractivity contribution in [2.75, 3.05) is 4.90 Å². The molecule has 0 unspecified atom stereocenters. The summed E-state index contributed by atoms with van der Waals surface area (Å²) >= 11 is 0. The van der Waals surface area contributed by atoms with E-state index in [9.17, 15) is 0 Å². The smallest absolute Gasteiger partial charge is 0.0467 e. The molecule has 1 spiro atoms. The summed E-state index contributed by atoms with van der Waals surface area (Å²) in [6.07, 6.45) is 7.10. The minimum atomic E-state index is 0.170. The van der Waals surface area contributed by atoms with E-state index in [-0.39, 0.29) is 5.41 Å². The molecular formula is C58H47N. The van der Waals surface area contributed by atoms with E-state index in [1.807, 2.05) is 0 Å². The Morgan fingerprint density at radius 1 is 0.322 bits per heavy atom. The molecule has 0 atom stereocenters. The molecule has 1 nitrogen and oxygen atoms in total. The summed E-state index contributed by atoms with van der Waals surface area (Å²) in [5.74, 6) is 3.40. The lowest BCUT2D eigenvalue weighted by molar-refractivity contribution is -0.0399. The summed E-state index contributed by atoms with van der Waals surface area (Å²) in [5.41, 5.74) is 19.7. The highest BCUT2D eigenvalue weighted by Crippen LogP contribution is 2.70. The average Bonchev–Trinajstić information content (AvgIpc) is 3.60. The minimum Gasteiger partial charge on any atom is -0.310 e. The van der Waals surface area contributed by atoms with Gasteiger partial charge >= 0.3 is 0 Å². The number of anilines is 3. The Kier molecular flexibility index (Phi) is 8.12. The molecule has 59 heavy (non-hydrogen) atoms. The molecule has 8 aromatic carbocycles. The number of fused-ring (bicyclic) bond motifs is 3. The van der Waals surface area contributed by atoms with Gasteiger partial charge in [-0.2, -0.15) is 0 Å². The normalized spacial score (nSPS) is 22.0. The van der Waals surface area contributed by atoms with Crippen LogP contribution in [0.5, 0.6) is 0 Å². The van der Waals surface area contributed by atoms with Crippen LogP contribution in [-0.4, -0.2) is 0 Å². The van der Waals surface area contributed by atoms with Crippen LogP contribution in [0.15, 0.2) is 200 Å². The molecule has 0 heterocycles. The van der Waals surface area contributed by atoms with Crippen molar-refractivity contribution in [2.45, 2.75) is 37.5 Å². The van der Waals surface area contributed by atoms with Gasteiger partial charge in [0.1, 0.15) is 0 Å². The van der Waals surface area contributed by atoms with Gasteiger partial charge in [0.25, 0.3) is 0 Å². The Bertz CT molecular complexity index is 2710. The van der Waals surface area contributed by atoms with Crippen LogP contribution < -0.4 is 4.90 Å². The van der Waals surface area contributed by atoms with E-state index in [1.54, 1.807) is 11.1 Å².